The predicted octanol–water partition coefficient (Wildman–Crippen LogP) is 4.02. The van der Waals surface area contributed by atoms with Crippen LogP contribution in [0.2, 0.25) is 17.6 Å². The number of hydrogen-bond donors (Lipinski definition) is 0. The van der Waals surface area contributed by atoms with Crippen LogP contribution < -0.4 is 0 Å². The van der Waals surface area contributed by atoms with Crippen LogP contribution in [0.3, 0.4) is 0 Å². The highest BCUT2D eigenvalue weighted by atomic mass is 29.6. The Kier molecular flexibility index (Phi) is 5.36. The van der Waals surface area contributed by atoms with E-state index in [-0.39, 0.29) is 16.1 Å². The van der Waals surface area contributed by atoms with Crippen LogP contribution in [-0.2, 0) is 0 Å². The first-order valence-corrected chi connectivity index (χ1v) is 13.4. The molecule has 89 valence electrons. The van der Waals surface area contributed by atoms with Crippen molar-refractivity contribution in [1.29, 1.82) is 0 Å². The molecule has 3 heteroatoms. The highest BCUT2D eigenvalue weighted by Crippen LogP contribution is 2.41. The van der Waals surface area contributed by atoms with E-state index in [0.717, 1.165) is 0 Å². The molecule has 5 radical (unpaired) electrons. The van der Waals surface area contributed by atoms with Crippen LogP contribution in [0.1, 0.15) is 64.2 Å². The molecule has 0 bridgehead atoms. The van der Waals surface area contributed by atoms with E-state index in [2.05, 4.69) is 16.3 Å². The first kappa shape index (κ1) is 13.1. The molecule has 0 unspecified atom stereocenters. The third-order valence-corrected chi connectivity index (χ3v) is 15.9. The van der Waals surface area contributed by atoms with Gasteiger partial charge in [-0.2, -0.15) is 0 Å². The summed E-state index contributed by atoms with van der Waals surface area (Å²) in [6.45, 7) is 2.54. The molecule has 0 aromatic carbocycles. The molecule has 2 rings (SSSR count). The van der Waals surface area contributed by atoms with E-state index >= 15 is 0 Å². The van der Waals surface area contributed by atoms with E-state index in [4.69, 9.17) is 0 Å². The Hall–Kier alpha value is 0.651. The fourth-order valence-corrected chi connectivity index (χ4v) is 16.8. The van der Waals surface area contributed by atoms with Crippen molar-refractivity contribution in [3.63, 3.8) is 0 Å². The Bertz CT molecular complexity index is 175. The van der Waals surface area contributed by atoms with Gasteiger partial charge >= 0.3 is 0 Å². The molecule has 0 aromatic rings. The Balaban J connectivity index is 1.96. The van der Waals surface area contributed by atoms with Gasteiger partial charge in [0.2, 0.25) is 0 Å². The SMILES string of the molecule is C[Si]([Si])[Si](C1CCCCC1)C1CCCCC1. The van der Waals surface area contributed by atoms with E-state index in [1.165, 1.54) is 49.6 Å². The molecule has 2 saturated carbocycles. The standard InChI is InChI=1S/C13H25Si3/c1-15(14)16(12-8-4-2-5-9-12)13-10-6-3-7-11-13/h12-13H,2-11H2,1H3. The van der Waals surface area contributed by atoms with Crippen molar-refractivity contribution in [2.75, 3.05) is 0 Å². The fourth-order valence-electron chi connectivity index (χ4n) is 3.77. The van der Waals surface area contributed by atoms with Gasteiger partial charge in [0.1, 0.15) is 0 Å². The first-order chi connectivity index (χ1) is 7.79. The largest absolute Gasteiger partial charge is 0.0758 e. The Labute approximate surface area is 108 Å². The maximum atomic E-state index is 4.11. The number of hydrogen-bond acceptors (Lipinski definition) is 0. The third-order valence-electron chi connectivity index (χ3n) is 4.52. The topological polar surface area (TPSA) is 0 Å². The van der Waals surface area contributed by atoms with Crippen molar-refractivity contribution in [2.45, 2.75) is 81.8 Å². The van der Waals surface area contributed by atoms with E-state index in [0.29, 0.717) is 0 Å². The molecule has 0 amide bonds. The van der Waals surface area contributed by atoms with Crippen molar-refractivity contribution in [1.82, 2.24) is 0 Å². The predicted molar refractivity (Wildman–Crippen MR) is 76.8 cm³/mol. The second-order valence-corrected chi connectivity index (χ2v) is 17.3. The van der Waals surface area contributed by atoms with E-state index in [1.54, 1.807) is 25.7 Å². The lowest BCUT2D eigenvalue weighted by atomic mass is 9.99. The maximum Gasteiger partial charge on any atom is 0.0402 e. The summed E-state index contributed by atoms with van der Waals surface area (Å²) in [6.07, 6.45) is 15.5. The van der Waals surface area contributed by atoms with Gasteiger partial charge in [-0.05, 0) is 11.1 Å². The molecule has 0 N–H and O–H groups in total. The quantitative estimate of drug-likeness (QED) is 0.676. The molecule has 0 nitrogen and oxygen atoms in total. The van der Waals surface area contributed by atoms with Gasteiger partial charge in [-0.25, -0.2) is 0 Å². The van der Waals surface area contributed by atoms with Gasteiger partial charge < -0.3 is 0 Å². The second-order valence-electron chi connectivity index (χ2n) is 5.75. The van der Waals surface area contributed by atoms with Crippen LogP contribution in [0.25, 0.3) is 0 Å². The smallest absolute Gasteiger partial charge is 0.0402 e. The lowest BCUT2D eigenvalue weighted by Gasteiger charge is -2.38. The van der Waals surface area contributed by atoms with Crippen molar-refractivity contribution < 1.29 is 0 Å². The van der Waals surface area contributed by atoms with Crippen LogP contribution in [-0.4, -0.2) is 25.9 Å². The summed E-state index contributed by atoms with van der Waals surface area (Å²) in [7, 11) is 3.90. The van der Waals surface area contributed by atoms with E-state index in [1.807, 2.05) is 0 Å². The van der Waals surface area contributed by atoms with Gasteiger partial charge in [0, 0.05) is 25.9 Å². The summed E-state index contributed by atoms with van der Waals surface area (Å²) in [4.78, 5) is 0. The summed E-state index contributed by atoms with van der Waals surface area (Å²) >= 11 is 0. The van der Waals surface area contributed by atoms with Gasteiger partial charge in [0.25, 0.3) is 0 Å². The summed E-state index contributed by atoms with van der Waals surface area (Å²) in [5.41, 5.74) is 2.36. The zero-order chi connectivity index (χ0) is 11.4. The van der Waals surface area contributed by atoms with Crippen LogP contribution in [0.15, 0.2) is 0 Å². The molecular weight excluding hydrogens is 240 g/mol. The molecule has 0 heterocycles. The summed E-state index contributed by atoms with van der Waals surface area (Å²) in [6, 6.07) is 0. The Morgan fingerprint density at radius 3 is 1.44 bits per heavy atom. The minimum Gasteiger partial charge on any atom is -0.0758 e. The minimum absolute atomic E-state index is 0.0475. The molecule has 16 heavy (non-hydrogen) atoms. The van der Waals surface area contributed by atoms with Crippen LogP contribution in [0.4, 0.5) is 0 Å². The maximum absolute atomic E-state index is 4.11. The normalized spacial score (nSPS) is 25.5. The van der Waals surface area contributed by atoms with Crippen LogP contribution in [0.5, 0.6) is 0 Å². The minimum atomic E-state index is -0.163. The molecule has 0 aromatic heterocycles. The average molecular weight is 266 g/mol. The summed E-state index contributed by atoms with van der Waals surface area (Å²) < 4.78 is 0. The Morgan fingerprint density at radius 1 is 0.750 bits per heavy atom. The molecule has 2 aliphatic carbocycles. The zero-order valence-corrected chi connectivity index (χ0v) is 13.7. The molecule has 0 aliphatic heterocycles. The molecule has 2 aliphatic rings. The highest BCUT2D eigenvalue weighted by molar-refractivity contribution is 7.41. The average Bonchev–Trinajstić information content (AvgIpc) is 2.31. The van der Waals surface area contributed by atoms with Crippen molar-refractivity contribution in [3.8, 4) is 0 Å². The molecule has 0 spiro atoms. The highest BCUT2D eigenvalue weighted by Gasteiger charge is 2.34. The van der Waals surface area contributed by atoms with E-state index in [9.17, 15) is 0 Å². The van der Waals surface area contributed by atoms with Gasteiger partial charge in [-0.15, -0.1) is 0 Å². The fraction of sp³-hybridized carbons (Fsp3) is 1.00. The van der Waals surface area contributed by atoms with Crippen molar-refractivity contribution in [2.24, 2.45) is 0 Å². The molecule has 0 atom stereocenters. The van der Waals surface area contributed by atoms with Gasteiger partial charge in [0.15, 0.2) is 0 Å². The van der Waals surface area contributed by atoms with Gasteiger partial charge in [0.05, 0.1) is 0 Å². The van der Waals surface area contributed by atoms with E-state index < -0.39 is 0 Å². The lowest BCUT2D eigenvalue weighted by molar-refractivity contribution is 0.466. The second kappa shape index (κ2) is 6.55. The van der Waals surface area contributed by atoms with Gasteiger partial charge in [-0.3, -0.25) is 0 Å². The summed E-state index contributed by atoms with van der Waals surface area (Å²) in [5.74, 6) is 0. The van der Waals surface area contributed by atoms with Crippen molar-refractivity contribution in [3.05, 3.63) is 0 Å². The molecule has 0 saturated heterocycles. The third kappa shape index (κ3) is 3.33. The number of rotatable bonds is 3. The summed E-state index contributed by atoms with van der Waals surface area (Å²) in [5, 5.41) is 0. The molecular formula is C13H25Si3. The Morgan fingerprint density at radius 2 is 1.12 bits per heavy atom. The lowest BCUT2D eigenvalue weighted by Crippen LogP contribution is -2.43. The molecule has 2 fully saturated rings. The zero-order valence-electron chi connectivity index (χ0n) is 10.7. The van der Waals surface area contributed by atoms with Crippen LogP contribution in [0, 0.1) is 0 Å². The first-order valence-electron chi connectivity index (χ1n) is 7.21. The van der Waals surface area contributed by atoms with Crippen molar-refractivity contribution >= 4 is 25.9 Å². The monoisotopic (exact) mass is 265 g/mol. The van der Waals surface area contributed by atoms with Crippen LogP contribution >= 0.6 is 0 Å². The van der Waals surface area contributed by atoms with Gasteiger partial charge in [-0.1, -0.05) is 70.8 Å².